The molecule has 2 aromatic carbocycles. The number of esters is 1. The van der Waals surface area contributed by atoms with Crippen molar-refractivity contribution in [1.29, 1.82) is 0 Å². The minimum atomic E-state index is -1.27. The first kappa shape index (κ1) is 22.5. The van der Waals surface area contributed by atoms with Crippen LogP contribution in [0.1, 0.15) is 55.8 Å². The Morgan fingerprint density at radius 2 is 1.79 bits per heavy atom. The molecule has 0 spiro atoms. The van der Waals surface area contributed by atoms with Crippen LogP contribution in [0, 0.1) is 34.3 Å². The Bertz CT molecular complexity index is 1130. The van der Waals surface area contributed by atoms with E-state index in [-0.39, 0.29) is 23.2 Å². The molecule has 8 nitrogen and oxygen atoms in total. The van der Waals surface area contributed by atoms with Crippen LogP contribution in [0.2, 0.25) is 0 Å². The Labute approximate surface area is 197 Å². The maximum absolute atomic E-state index is 13.6. The second-order valence-corrected chi connectivity index (χ2v) is 10.4. The number of hydrogen-bond acceptors (Lipinski definition) is 6. The Kier molecular flexibility index (Phi) is 5.43. The molecule has 0 radical (unpaired) electrons. The summed E-state index contributed by atoms with van der Waals surface area (Å²) in [5.41, 5.74) is -0.642. The van der Waals surface area contributed by atoms with Crippen LogP contribution >= 0.6 is 0 Å². The zero-order valence-electron chi connectivity index (χ0n) is 19.0. The van der Waals surface area contributed by atoms with E-state index in [1.165, 1.54) is 12.1 Å². The smallest absolute Gasteiger partial charge is 0.313 e. The lowest BCUT2D eigenvalue weighted by atomic mass is 9.48. The van der Waals surface area contributed by atoms with Crippen molar-refractivity contribution in [3.05, 3.63) is 69.8 Å². The van der Waals surface area contributed by atoms with Crippen LogP contribution < -0.4 is 5.32 Å². The zero-order chi connectivity index (χ0) is 24.1. The van der Waals surface area contributed by atoms with Gasteiger partial charge < -0.3 is 15.2 Å². The summed E-state index contributed by atoms with van der Waals surface area (Å²) in [4.78, 5) is 37.9. The second kappa shape index (κ2) is 8.20. The normalized spacial score (nSPS) is 29.9. The fourth-order valence-electron chi connectivity index (χ4n) is 6.68. The fraction of sp³-hybridized carbons (Fsp3) is 0.462. The second-order valence-electron chi connectivity index (χ2n) is 10.4. The van der Waals surface area contributed by atoms with E-state index in [1.54, 1.807) is 43.3 Å². The maximum Gasteiger partial charge on any atom is 0.313 e. The first-order valence-electron chi connectivity index (χ1n) is 11.7. The zero-order valence-corrected chi connectivity index (χ0v) is 19.0. The van der Waals surface area contributed by atoms with E-state index < -0.39 is 33.9 Å². The van der Waals surface area contributed by atoms with Gasteiger partial charge in [-0.05, 0) is 68.9 Å². The first-order chi connectivity index (χ1) is 16.2. The first-order valence-corrected chi connectivity index (χ1v) is 11.7. The molecule has 0 saturated heterocycles. The minimum Gasteiger partial charge on any atom is -0.447 e. The number of carbonyl (C=O) groups excluding carboxylic acids is 2. The van der Waals surface area contributed by atoms with Crippen molar-refractivity contribution in [3.8, 4) is 0 Å². The molecule has 1 amide bonds. The van der Waals surface area contributed by atoms with Gasteiger partial charge in [0, 0.05) is 11.6 Å². The summed E-state index contributed by atoms with van der Waals surface area (Å²) < 4.78 is 5.89. The Hall–Kier alpha value is -3.26. The van der Waals surface area contributed by atoms with Gasteiger partial charge in [0.1, 0.15) is 5.69 Å². The molecule has 4 saturated carbocycles. The molecule has 4 aliphatic carbocycles. The van der Waals surface area contributed by atoms with E-state index in [4.69, 9.17) is 4.74 Å². The van der Waals surface area contributed by atoms with Crippen LogP contribution in [0.15, 0.2) is 48.5 Å². The molecule has 4 fully saturated rings. The number of anilines is 1. The van der Waals surface area contributed by atoms with E-state index in [9.17, 15) is 24.8 Å². The minimum absolute atomic E-state index is 0.0432. The lowest BCUT2D eigenvalue weighted by Gasteiger charge is -2.58. The molecule has 8 heteroatoms. The highest BCUT2D eigenvalue weighted by atomic mass is 16.6. The highest BCUT2D eigenvalue weighted by Gasteiger charge is 2.61. The van der Waals surface area contributed by atoms with Crippen molar-refractivity contribution in [2.24, 2.45) is 17.3 Å². The van der Waals surface area contributed by atoms with E-state index in [0.717, 1.165) is 19.3 Å². The largest absolute Gasteiger partial charge is 0.447 e. The Morgan fingerprint density at radius 3 is 2.41 bits per heavy atom. The van der Waals surface area contributed by atoms with E-state index in [0.29, 0.717) is 30.4 Å². The van der Waals surface area contributed by atoms with Gasteiger partial charge in [-0.1, -0.05) is 36.4 Å². The van der Waals surface area contributed by atoms with E-state index in [1.807, 2.05) is 0 Å². The highest BCUT2D eigenvalue weighted by Crippen LogP contribution is 2.62. The summed E-state index contributed by atoms with van der Waals surface area (Å²) in [7, 11) is 0. The molecule has 0 unspecified atom stereocenters. The molecule has 0 aliphatic heterocycles. The van der Waals surface area contributed by atoms with E-state index in [2.05, 4.69) is 5.32 Å². The van der Waals surface area contributed by atoms with Crippen molar-refractivity contribution in [3.63, 3.8) is 0 Å². The van der Waals surface area contributed by atoms with Crippen LogP contribution in [0.4, 0.5) is 11.4 Å². The van der Waals surface area contributed by atoms with Crippen molar-refractivity contribution in [2.45, 2.75) is 57.2 Å². The molecule has 0 aromatic heterocycles. The summed E-state index contributed by atoms with van der Waals surface area (Å²) in [6, 6.07) is 13.2. The molecule has 4 bridgehead atoms. The summed E-state index contributed by atoms with van der Waals surface area (Å²) in [6.45, 7) is 1.73. The lowest BCUT2D eigenvalue weighted by Crippen LogP contribution is -2.58. The fourth-order valence-corrected chi connectivity index (χ4v) is 6.68. The average molecular weight is 465 g/mol. The quantitative estimate of drug-likeness (QED) is 0.370. The number of benzene rings is 2. The molecule has 3 atom stereocenters. The number of nitro benzene ring substituents is 1. The van der Waals surface area contributed by atoms with Crippen molar-refractivity contribution >= 4 is 23.3 Å². The molecular weight excluding hydrogens is 436 g/mol. The molecule has 2 N–H and O–H groups in total. The van der Waals surface area contributed by atoms with Gasteiger partial charge in [-0.25, -0.2) is 0 Å². The third-order valence-corrected chi connectivity index (χ3v) is 7.64. The highest BCUT2D eigenvalue weighted by molar-refractivity contribution is 5.98. The number of amides is 1. The van der Waals surface area contributed by atoms with Crippen LogP contribution in [-0.4, -0.2) is 27.5 Å². The number of nitrogens with one attached hydrogen (secondary N) is 1. The summed E-state index contributed by atoms with van der Waals surface area (Å²) in [5, 5.41) is 25.1. The lowest BCUT2D eigenvalue weighted by molar-refractivity contribution is -0.384. The van der Waals surface area contributed by atoms with Gasteiger partial charge in [0.25, 0.3) is 11.6 Å². The Balaban J connectivity index is 1.42. The van der Waals surface area contributed by atoms with Crippen molar-refractivity contribution in [2.75, 3.05) is 5.32 Å². The van der Waals surface area contributed by atoms with Gasteiger partial charge >= 0.3 is 5.97 Å². The Morgan fingerprint density at radius 1 is 1.12 bits per heavy atom. The summed E-state index contributed by atoms with van der Waals surface area (Å²) in [6.07, 6.45) is 2.89. The van der Waals surface area contributed by atoms with Gasteiger partial charge in [-0.15, -0.1) is 0 Å². The number of rotatable bonds is 6. The topological polar surface area (TPSA) is 119 Å². The molecule has 4 aliphatic rings. The number of carbonyl (C=O) groups is 2. The molecular formula is C26H28N2O6. The number of hydrogen-bond donors (Lipinski definition) is 2. The van der Waals surface area contributed by atoms with E-state index >= 15 is 0 Å². The van der Waals surface area contributed by atoms with Crippen LogP contribution in [-0.2, 0) is 14.3 Å². The number of ether oxygens (including phenoxy) is 1. The predicted octanol–water partition coefficient (Wildman–Crippen LogP) is 4.46. The van der Waals surface area contributed by atoms with Crippen LogP contribution in [0.5, 0.6) is 0 Å². The summed E-state index contributed by atoms with van der Waals surface area (Å²) >= 11 is 0. The number of aryl methyl sites for hydroxylation is 1. The van der Waals surface area contributed by atoms with Gasteiger partial charge in [0.05, 0.1) is 15.9 Å². The molecule has 6 rings (SSSR count). The predicted molar refractivity (Wildman–Crippen MR) is 124 cm³/mol. The SMILES string of the molecule is Cc1ccc(NC(=O)[C@H](OC(=O)C23C[C@H]4C[C@@H](CC(O)(C4)C2)C3)c2ccccc2)c([N+](=O)[O-])c1. The van der Waals surface area contributed by atoms with Crippen LogP contribution in [0.25, 0.3) is 0 Å². The summed E-state index contributed by atoms with van der Waals surface area (Å²) in [5.74, 6) is -0.548. The van der Waals surface area contributed by atoms with Crippen LogP contribution in [0.3, 0.4) is 0 Å². The average Bonchev–Trinajstić information content (AvgIpc) is 2.77. The number of nitrogens with zero attached hydrogens (tertiary/aromatic N) is 1. The third-order valence-electron chi connectivity index (χ3n) is 7.64. The van der Waals surface area contributed by atoms with Crippen molar-refractivity contribution < 1.29 is 24.4 Å². The van der Waals surface area contributed by atoms with Crippen molar-refractivity contribution in [1.82, 2.24) is 0 Å². The maximum atomic E-state index is 13.6. The standard InChI is InChI=1S/C26H28N2O6/c1-16-7-8-20(21(9-16)28(32)33)27-23(29)22(19-5-3-2-4-6-19)34-24(30)25-11-17-10-18(12-25)14-26(31,13-17)15-25/h2-9,17-18,22,31H,10-15H2,1H3,(H,27,29)/t17-,18-,22-,25?,26?/m1/s1. The monoisotopic (exact) mass is 464 g/mol. The van der Waals surface area contributed by atoms with Gasteiger partial charge in [0.2, 0.25) is 6.10 Å². The molecule has 34 heavy (non-hydrogen) atoms. The third kappa shape index (κ3) is 4.07. The number of aliphatic hydroxyl groups is 1. The van der Waals surface area contributed by atoms with Gasteiger partial charge in [-0.3, -0.25) is 19.7 Å². The number of nitro groups is 1. The molecule has 2 aromatic rings. The molecule has 178 valence electrons. The van der Waals surface area contributed by atoms with Gasteiger partial charge in [0.15, 0.2) is 0 Å². The molecule has 0 heterocycles. The van der Waals surface area contributed by atoms with Gasteiger partial charge in [-0.2, -0.15) is 0 Å².